The maximum atomic E-state index is 12.3. The molecule has 6 heteroatoms. The third kappa shape index (κ3) is 5.51. The van der Waals surface area contributed by atoms with E-state index in [1.165, 1.54) is 0 Å². The standard InChI is InChI=1S/C20H24N2O4/c1-4-25-18-12-16(10-11-17(18)26-13-14(2)3)20(24)22-21-19(23)15-8-6-5-7-9-15/h5-12,14H,4,13H2,1-3H3,(H,21,23)(H,22,24). The van der Waals surface area contributed by atoms with Crippen LogP contribution >= 0.6 is 0 Å². The first-order chi connectivity index (χ1) is 12.5. The Morgan fingerprint density at radius 2 is 1.54 bits per heavy atom. The molecule has 2 amide bonds. The number of carbonyl (C=O) groups is 2. The van der Waals surface area contributed by atoms with Gasteiger partial charge in [-0.15, -0.1) is 0 Å². The first-order valence-electron chi connectivity index (χ1n) is 8.56. The highest BCUT2D eigenvalue weighted by molar-refractivity contribution is 5.99. The number of carbonyl (C=O) groups excluding carboxylic acids is 2. The van der Waals surface area contributed by atoms with Crippen LogP contribution < -0.4 is 20.3 Å². The smallest absolute Gasteiger partial charge is 0.269 e. The second-order valence-corrected chi connectivity index (χ2v) is 6.07. The number of ether oxygens (including phenoxy) is 2. The lowest BCUT2D eigenvalue weighted by Gasteiger charge is -2.14. The van der Waals surface area contributed by atoms with Crippen molar-refractivity contribution < 1.29 is 19.1 Å². The lowest BCUT2D eigenvalue weighted by atomic mass is 10.2. The van der Waals surface area contributed by atoms with Crippen LogP contribution in [0.15, 0.2) is 48.5 Å². The molecule has 0 aliphatic rings. The maximum Gasteiger partial charge on any atom is 0.269 e. The number of rotatable bonds is 7. The van der Waals surface area contributed by atoms with Crippen molar-refractivity contribution in [2.75, 3.05) is 13.2 Å². The highest BCUT2D eigenvalue weighted by atomic mass is 16.5. The lowest BCUT2D eigenvalue weighted by molar-refractivity contribution is 0.0846. The van der Waals surface area contributed by atoms with Gasteiger partial charge in [0, 0.05) is 11.1 Å². The quantitative estimate of drug-likeness (QED) is 0.747. The third-order valence-corrected chi connectivity index (χ3v) is 3.40. The molecule has 2 aromatic rings. The average molecular weight is 356 g/mol. The minimum absolute atomic E-state index is 0.360. The van der Waals surface area contributed by atoms with Gasteiger partial charge in [0.15, 0.2) is 11.5 Å². The van der Waals surface area contributed by atoms with Gasteiger partial charge in [-0.05, 0) is 43.2 Å². The molecule has 0 aromatic heterocycles. The fraction of sp³-hybridized carbons (Fsp3) is 0.300. The Morgan fingerprint density at radius 1 is 0.885 bits per heavy atom. The Kier molecular flexibility index (Phi) is 7.02. The molecule has 2 N–H and O–H groups in total. The molecule has 0 heterocycles. The number of hydrogen-bond donors (Lipinski definition) is 2. The highest BCUT2D eigenvalue weighted by Crippen LogP contribution is 2.29. The van der Waals surface area contributed by atoms with Crippen molar-refractivity contribution >= 4 is 11.8 Å². The van der Waals surface area contributed by atoms with Crippen LogP contribution in [0, 0.1) is 5.92 Å². The predicted molar refractivity (Wildman–Crippen MR) is 99.3 cm³/mol. The largest absolute Gasteiger partial charge is 0.490 e. The van der Waals surface area contributed by atoms with Crippen molar-refractivity contribution in [1.82, 2.24) is 10.9 Å². The molecule has 0 aliphatic carbocycles. The topological polar surface area (TPSA) is 76.7 Å². The van der Waals surface area contributed by atoms with Crippen molar-refractivity contribution in [3.05, 3.63) is 59.7 Å². The van der Waals surface area contributed by atoms with Gasteiger partial charge < -0.3 is 9.47 Å². The fourth-order valence-corrected chi connectivity index (χ4v) is 2.14. The van der Waals surface area contributed by atoms with Gasteiger partial charge in [0.25, 0.3) is 11.8 Å². The van der Waals surface area contributed by atoms with Crippen molar-refractivity contribution in [1.29, 1.82) is 0 Å². The maximum absolute atomic E-state index is 12.3. The van der Waals surface area contributed by atoms with Crippen molar-refractivity contribution in [3.8, 4) is 11.5 Å². The Bertz CT molecular complexity index is 745. The summed E-state index contributed by atoms with van der Waals surface area (Å²) in [6.45, 7) is 6.97. The predicted octanol–water partition coefficient (Wildman–Crippen LogP) is 3.19. The van der Waals surface area contributed by atoms with Gasteiger partial charge in [0.1, 0.15) is 0 Å². The summed E-state index contributed by atoms with van der Waals surface area (Å²) in [6, 6.07) is 13.6. The third-order valence-electron chi connectivity index (χ3n) is 3.40. The van der Waals surface area contributed by atoms with Crippen LogP contribution in [0.1, 0.15) is 41.5 Å². The van der Waals surface area contributed by atoms with Gasteiger partial charge in [-0.1, -0.05) is 32.0 Å². The zero-order valence-corrected chi connectivity index (χ0v) is 15.2. The van der Waals surface area contributed by atoms with E-state index >= 15 is 0 Å². The van der Waals surface area contributed by atoms with E-state index in [1.807, 2.05) is 13.0 Å². The number of hydrazine groups is 1. The summed E-state index contributed by atoms with van der Waals surface area (Å²) in [4.78, 5) is 24.3. The van der Waals surface area contributed by atoms with E-state index in [2.05, 4.69) is 24.7 Å². The van der Waals surface area contributed by atoms with Crippen LogP contribution in [0.5, 0.6) is 11.5 Å². The minimum Gasteiger partial charge on any atom is -0.490 e. The molecular formula is C20H24N2O4. The summed E-state index contributed by atoms with van der Waals surface area (Å²) in [7, 11) is 0. The summed E-state index contributed by atoms with van der Waals surface area (Å²) in [5.41, 5.74) is 5.61. The SMILES string of the molecule is CCOc1cc(C(=O)NNC(=O)c2ccccc2)ccc1OCC(C)C. The van der Waals surface area contributed by atoms with Gasteiger partial charge in [0.2, 0.25) is 0 Å². The summed E-state index contributed by atoms with van der Waals surface area (Å²) in [6.07, 6.45) is 0. The van der Waals surface area contributed by atoms with Gasteiger partial charge in [-0.25, -0.2) is 0 Å². The first-order valence-corrected chi connectivity index (χ1v) is 8.56. The minimum atomic E-state index is -0.439. The Hall–Kier alpha value is -3.02. The zero-order chi connectivity index (χ0) is 18.9. The molecule has 6 nitrogen and oxygen atoms in total. The molecule has 0 radical (unpaired) electrons. The van der Waals surface area contributed by atoms with Gasteiger partial charge in [0.05, 0.1) is 13.2 Å². The molecule has 26 heavy (non-hydrogen) atoms. The number of benzene rings is 2. The summed E-state index contributed by atoms with van der Waals surface area (Å²) in [5, 5.41) is 0. The Morgan fingerprint density at radius 3 is 2.15 bits per heavy atom. The van der Waals surface area contributed by atoms with E-state index in [0.717, 1.165) is 0 Å². The summed E-state index contributed by atoms with van der Waals surface area (Å²) >= 11 is 0. The van der Waals surface area contributed by atoms with E-state index in [-0.39, 0.29) is 5.91 Å². The molecule has 0 aliphatic heterocycles. The number of hydrogen-bond acceptors (Lipinski definition) is 4. The van der Waals surface area contributed by atoms with E-state index in [1.54, 1.807) is 42.5 Å². The zero-order valence-electron chi connectivity index (χ0n) is 15.2. The average Bonchev–Trinajstić information content (AvgIpc) is 2.65. The summed E-state index contributed by atoms with van der Waals surface area (Å²) in [5.74, 6) is 0.632. The molecule has 0 saturated carbocycles. The monoisotopic (exact) mass is 356 g/mol. The fourth-order valence-electron chi connectivity index (χ4n) is 2.14. The van der Waals surface area contributed by atoms with Gasteiger partial charge >= 0.3 is 0 Å². The first kappa shape index (κ1) is 19.3. The normalized spacial score (nSPS) is 10.3. The molecular weight excluding hydrogens is 332 g/mol. The molecule has 2 aromatic carbocycles. The van der Waals surface area contributed by atoms with Crippen LogP contribution in [0.2, 0.25) is 0 Å². The van der Waals surface area contributed by atoms with Crippen molar-refractivity contribution in [2.24, 2.45) is 5.92 Å². The molecule has 0 bridgehead atoms. The van der Waals surface area contributed by atoms with E-state index < -0.39 is 5.91 Å². The molecule has 0 atom stereocenters. The van der Waals surface area contributed by atoms with Crippen LogP contribution in [0.25, 0.3) is 0 Å². The molecule has 0 fully saturated rings. The van der Waals surface area contributed by atoms with E-state index in [0.29, 0.717) is 41.8 Å². The van der Waals surface area contributed by atoms with Crippen LogP contribution in [0.4, 0.5) is 0 Å². The highest BCUT2D eigenvalue weighted by Gasteiger charge is 2.13. The van der Waals surface area contributed by atoms with Crippen LogP contribution in [0.3, 0.4) is 0 Å². The Balaban J connectivity index is 2.03. The van der Waals surface area contributed by atoms with Crippen LogP contribution in [-0.4, -0.2) is 25.0 Å². The van der Waals surface area contributed by atoms with Gasteiger partial charge in [-0.3, -0.25) is 20.4 Å². The number of amides is 2. The molecule has 138 valence electrons. The Labute approximate surface area is 153 Å². The molecule has 2 rings (SSSR count). The second-order valence-electron chi connectivity index (χ2n) is 6.07. The van der Waals surface area contributed by atoms with E-state index in [9.17, 15) is 9.59 Å². The lowest BCUT2D eigenvalue weighted by Crippen LogP contribution is -2.41. The summed E-state index contributed by atoms with van der Waals surface area (Å²) < 4.78 is 11.3. The van der Waals surface area contributed by atoms with Crippen LogP contribution in [-0.2, 0) is 0 Å². The van der Waals surface area contributed by atoms with Crippen molar-refractivity contribution in [3.63, 3.8) is 0 Å². The molecule has 0 unspecified atom stereocenters. The van der Waals surface area contributed by atoms with E-state index in [4.69, 9.17) is 9.47 Å². The van der Waals surface area contributed by atoms with Crippen molar-refractivity contribution in [2.45, 2.75) is 20.8 Å². The molecule has 0 saturated heterocycles. The van der Waals surface area contributed by atoms with Gasteiger partial charge in [-0.2, -0.15) is 0 Å². The number of nitrogens with one attached hydrogen (secondary N) is 2. The molecule has 0 spiro atoms. The second kappa shape index (κ2) is 9.46.